The van der Waals surface area contributed by atoms with Crippen LogP contribution >= 0.6 is 0 Å². The summed E-state index contributed by atoms with van der Waals surface area (Å²) in [6.45, 7) is 5.88. The van der Waals surface area contributed by atoms with Crippen LogP contribution in [0.3, 0.4) is 0 Å². The van der Waals surface area contributed by atoms with Crippen LogP contribution in [0.15, 0.2) is 18.2 Å². The Morgan fingerprint density at radius 1 is 1.29 bits per heavy atom. The molecule has 116 valence electrons. The molecule has 0 aliphatic heterocycles. The van der Waals surface area contributed by atoms with E-state index in [9.17, 15) is 13.2 Å². The van der Waals surface area contributed by atoms with Crippen molar-refractivity contribution in [2.24, 2.45) is 5.92 Å². The lowest BCUT2D eigenvalue weighted by Crippen LogP contribution is -2.19. The fraction of sp³-hybridized carbons (Fsp3) is 0.533. The predicted molar refractivity (Wildman–Crippen MR) is 77.9 cm³/mol. The van der Waals surface area contributed by atoms with Gasteiger partial charge in [0.2, 0.25) is 5.82 Å². The van der Waals surface area contributed by atoms with E-state index in [-0.39, 0.29) is 6.04 Å². The van der Waals surface area contributed by atoms with Crippen LogP contribution in [-0.2, 0) is 6.18 Å². The Bertz CT molecular complexity index is 631. The Hall–Kier alpha value is -1.72. The first-order valence-electron chi connectivity index (χ1n) is 7.08. The van der Waals surface area contributed by atoms with Crippen molar-refractivity contribution in [3.8, 4) is 0 Å². The van der Waals surface area contributed by atoms with Crippen LogP contribution in [0.5, 0.6) is 0 Å². The van der Waals surface area contributed by atoms with Crippen molar-refractivity contribution >= 4 is 16.7 Å². The van der Waals surface area contributed by atoms with E-state index in [1.165, 1.54) is 10.6 Å². The standard InChI is InChI=1S/C15H20F3N3/c1-4-9(2)7-10(3)21-13-6-5-11(19)8-12(13)20-14(21)15(16,17)18/h5-6,8-10H,4,7,19H2,1-3H3. The highest BCUT2D eigenvalue weighted by atomic mass is 19.4. The molecule has 1 aromatic heterocycles. The van der Waals surface area contributed by atoms with Gasteiger partial charge in [-0.15, -0.1) is 0 Å². The van der Waals surface area contributed by atoms with Gasteiger partial charge in [0.15, 0.2) is 0 Å². The molecule has 2 N–H and O–H groups in total. The lowest BCUT2D eigenvalue weighted by Gasteiger charge is -2.21. The lowest BCUT2D eigenvalue weighted by atomic mass is 10.00. The summed E-state index contributed by atoms with van der Waals surface area (Å²) in [6, 6.07) is 4.43. The zero-order valence-corrected chi connectivity index (χ0v) is 12.4. The van der Waals surface area contributed by atoms with Crippen molar-refractivity contribution in [1.82, 2.24) is 9.55 Å². The van der Waals surface area contributed by atoms with Gasteiger partial charge >= 0.3 is 6.18 Å². The van der Waals surface area contributed by atoms with E-state index in [1.807, 2.05) is 13.8 Å². The van der Waals surface area contributed by atoms with Crippen LogP contribution in [0.25, 0.3) is 11.0 Å². The van der Waals surface area contributed by atoms with Gasteiger partial charge in [-0.1, -0.05) is 20.3 Å². The van der Waals surface area contributed by atoms with Crippen molar-refractivity contribution in [3.05, 3.63) is 24.0 Å². The summed E-state index contributed by atoms with van der Waals surface area (Å²) in [5.74, 6) is -0.494. The molecule has 0 saturated carbocycles. The number of benzene rings is 1. The van der Waals surface area contributed by atoms with Gasteiger partial charge in [-0.05, 0) is 37.5 Å². The first kappa shape index (κ1) is 15.7. The number of nitrogens with zero attached hydrogens (tertiary/aromatic N) is 2. The predicted octanol–water partition coefficient (Wildman–Crippen LogP) is 4.63. The molecule has 21 heavy (non-hydrogen) atoms. The van der Waals surface area contributed by atoms with E-state index in [0.29, 0.717) is 29.1 Å². The summed E-state index contributed by atoms with van der Waals surface area (Å²) in [4.78, 5) is 3.76. The SMILES string of the molecule is CCC(C)CC(C)n1c(C(F)(F)F)nc2cc(N)ccc21. The van der Waals surface area contributed by atoms with Crippen LogP contribution in [-0.4, -0.2) is 9.55 Å². The maximum atomic E-state index is 13.3. The smallest absolute Gasteiger partial charge is 0.399 e. The van der Waals surface area contributed by atoms with Crippen LogP contribution in [0.2, 0.25) is 0 Å². The molecule has 1 aromatic carbocycles. The monoisotopic (exact) mass is 299 g/mol. The molecule has 1 heterocycles. The Kier molecular flexibility index (Phi) is 4.16. The van der Waals surface area contributed by atoms with Crippen molar-refractivity contribution < 1.29 is 13.2 Å². The van der Waals surface area contributed by atoms with Gasteiger partial charge in [0, 0.05) is 11.7 Å². The number of aromatic nitrogens is 2. The number of rotatable bonds is 4. The van der Waals surface area contributed by atoms with Gasteiger partial charge in [0.25, 0.3) is 0 Å². The van der Waals surface area contributed by atoms with E-state index in [0.717, 1.165) is 6.42 Å². The molecule has 0 bridgehead atoms. The van der Waals surface area contributed by atoms with Crippen LogP contribution in [0.1, 0.15) is 45.5 Å². The fourth-order valence-corrected chi connectivity index (χ4v) is 2.62. The average Bonchev–Trinajstić information content (AvgIpc) is 2.76. The molecule has 2 atom stereocenters. The molecular formula is C15H20F3N3. The number of halogens is 3. The second-order valence-electron chi connectivity index (χ2n) is 5.65. The summed E-state index contributed by atoms with van der Waals surface area (Å²) in [6.07, 6.45) is -2.86. The zero-order chi connectivity index (χ0) is 15.8. The van der Waals surface area contributed by atoms with Crippen LogP contribution in [0, 0.1) is 5.92 Å². The minimum atomic E-state index is -4.47. The lowest BCUT2D eigenvalue weighted by molar-refractivity contribution is -0.147. The van der Waals surface area contributed by atoms with E-state index >= 15 is 0 Å². The van der Waals surface area contributed by atoms with Gasteiger partial charge in [-0.3, -0.25) is 0 Å². The molecule has 2 aromatic rings. The molecular weight excluding hydrogens is 279 g/mol. The largest absolute Gasteiger partial charge is 0.449 e. The molecule has 2 unspecified atom stereocenters. The summed E-state index contributed by atoms with van der Waals surface area (Å²) in [7, 11) is 0. The van der Waals surface area contributed by atoms with Gasteiger partial charge in [-0.25, -0.2) is 4.98 Å². The maximum Gasteiger partial charge on any atom is 0.449 e. The number of nitrogen functional groups attached to an aromatic ring is 1. The second-order valence-corrected chi connectivity index (χ2v) is 5.65. The molecule has 0 spiro atoms. The first-order chi connectivity index (χ1) is 9.74. The summed E-state index contributed by atoms with van der Waals surface area (Å²) in [5.41, 5.74) is 6.82. The molecule has 0 aliphatic rings. The third-order valence-electron chi connectivity index (χ3n) is 3.85. The number of hydrogen-bond acceptors (Lipinski definition) is 2. The molecule has 0 aliphatic carbocycles. The number of nitrogens with two attached hydrogens (primary N) is 1. The van der Waals surface area contributed by atoms with Crippen molar-refractivity contribution in [2.75, 3.05) is 5.73 Å². The number of alkyl halides is 3. The van der Waals surface area contributed by atoms with Crippen LogP contribution in [0.4, 0.5) is 18.9 Å². The Labute approximate surface area is 122 Å². The highest BCUT2D eigenvalue weighted by Crippen LogP contribution is 2.35. The van der Waals surface area contributed by atoms with Crippen molar-refractivity contribution in [1.29, 1.82) is 0 Å². The molecule has 6 heteroatoms. The van der Waals surface area contributed by atoms with Gasteiger partial charge in [0.1, 0.15) is 0 Å². The summed E-state index contributed by atoms with van der Waals surface area (Å²) < 4.78 is 41.0. The normalized spacial score (nSPS) is 15.3. The number of fused-ring (bicyclic) bond motifs is 1. The molecule has 0 amide bonds. The average molecular weight is 299 g/mol. The minimum absolute atomic E-state index is 0.273. The quantitative estimate of drug-likeness (QED) is 0.836. The molecule has 3 nitrogen and oxygen atoms in total. The van der Waals surface area contributed by atoms with Crippen LogP contribution < -0.4 is 5.73 Å². The Morgan fingerprint density at radius 3 is 2.52 bits per heavy atom. The van der Waals surface area contributed by atoms with E-state index in [2.05, 4.69) is 4.98 Å². The third-order valence-corrected chi connectivity index (χ3v) is 3.85. The minimum Gasteiger partial charge on any atom is -0.399 e. The number of hydrogen-bond donors (Lipinski definition) is 1. The molecule has 0 radical (unpaired) electrons. The number of imidazole rings is 1. The molecule has 0 saturated heterocycles. The molecule has 0 fully saturated rings. The third kappa shape index (κ3) is 3.14. The number of anilines is 1. The van der Waals surface area contributed by atoms with Gasteiger partial charge in [-0.2, -0.15) is 13.2 Å². The first-order valence-corrected chi connectivity index (χ1v) is 7.08. The highest BCUT2D eigenvalue weighted by molar-refractivity contribution is 5.80. The van der Waals surface area contributed by atoms with E-state index in [1.54, 1.807) is 19.1 Å². The Morgan fingerprint density at radius 2 is 1.95 bits per heavy atom. The summed E-state index contributed by atoms with van der Waals surface area (Å²) in [5, 5.41) is 0. The highest BCUT2D eigenvalue weighted by Gasteiger charge is 2.38. The van der Waals surface area contributed by atoms with Crippen molar-refractivity contribution in [3.63, 3.8) is 0 Å². The topological polar surface area (TPSA) is 43.8 Å². The van der Waals surface area contributed by atoms with Gasteiger partial charge < -0.3 is 10.3 Å². The molecule has 2 rings (SSSR count). The van der Waals surface area contributed by atoms with E-state index < -0.39 is 12.0 Å². The maximum absolute atomic E-state index is 13.3. The van der Waals surface area contributed by atoms with Crippen molar-refractivity contribution in [2.45, 2.75) is 45.8 Å². The fourth-order valence-electron chi connectivity index (χ4n) is 2.62. The summed E-state index contributed by atoms with van der Waals surface area (Å²) >= 11 is 0. The van der Waals surface area contributed by atoms with E-state index in [4.69, 9.17) is 5.73 Å². The Balaban J connectivity index is 2.58. The second kappa shape index (κ2) is 5.58. The zero-order valence-electron chi connectivity index (χ0n) is 12.4. The van der Waals surface area contributed by atoms with Gasteiger partial charge in [0.05, 0.1) is 11.0 Å².